The number of benzene rings is 1. The maximum absolute atomic E-state index is 5.87. The number of aryl methyl sites for hydroxylation is 1. The predicted octanol–water partition coefficient (Wildman–Crippen LogP) is 3.76. The number of hydrogen-bond donors (Lipinski definition) is 1. The molecule has 0 aliphatic heterocycles. The second kappa shape index (κ2) is 6.86. The van der Waals surface area contributed by atoms with E-state index in [1.807, 2.05) is 31.2 Å². The van der Waals surface area contributed by atoms with Gasteiger partial charge in [-0.05, 0) is 49.4 Å². The van der Waals surface area contributed by atoms with Gasteiger partial charge in [-0.1, -0.05) is 28.9 Å². The van der Waals surface area contributed by atoms with Crippen LogP contribution in [-0.2, 0) is 13.1 Å². The first-order chi connectivity index (χ1) is 9.58. The molecular formula is C16H20BrN3. The maximum Gasteiger partial charge on any atom is 0.0547 e. The van der Waals surface area contributed by atoms with E-state index in [-0.39, 0.29) is 0 Å². The van der Waals surface area contributed by atoms with Crippen molar-refractivity contribution in [3.63, 3.8) is 0 Å². The van der Waals surface area contributed by atoms with Crippen molar-refractivity contribution in [2.24, 2.45) is 0 Å². The van der Waals surface area contributed by atoms with Crippen molar-refractivity contribution < 1.29 is 0 Å². The SMILES string of the molecule is CCN(Cc1cccc(C)n1)Cc1cc(N)ccc1Br. The summed E-state index contributed by atoms with van der Waals surface area (Å²) < 4.78 is 1.10. The molecular weight excluding hydrogens is 314 g/mol. The Bertz CT molecular complexity index is 584. The molecule has 1 aromatic carbocycles. The van der Waals surface area contributed by atoms with Gasteiger partial charge < -0.3 is 5.73 Å². The first-order valence-corrected chi connectivity index (χ1v) is 7.56. The number of anilines is 1. The largest absolute Gasteiger partial charge is 0.399 e. The molecule has 0 fully saturated rings. The number of nitrogen functional groups attached to an aromatic ring is 1. The summed E-state index contributed by atoms with van der Waals surface area (Å²) in [5, 5.41) is 0. The zero-order chi connectivity index (χ0) is 14.5. The Labute approximate surface area is 129 Å². The molecule has 0 spiro atoms. The Hall–Kier alpha value is -1.39. The van der Waals surface area contributed by atoms with E-state index >= 15 is 0 Å². The molecule has 1 aromatic heterocycles. The molecule has 0 atom stereocenters. The van der Waals surface area contributed by atoms with Gasteiger partial charge in [-0.15, -0.1) is 0 Å². The zero-order valence-electron chi connectivity index (χ0n) is 11.9. The minimum atomic E-state index is 0.799. The molecule has 2 aromatic rings. The quantitative estimate of drug-likeness (QED) is 0.847. The standard InChI is InChI=1S/C16H20BrN3/c1-3-20(11-15-6-4-5-12(2)19-15)10-13-9-14(18)7-8-16(13)17/h4-9H,3,10-11,18H2,1-2H3. The Balaban J connectivity index is 2.11. The van der Waals surface area contributed by atoms with Gasteiger partial charge in [-0.3, -0.25) is 9.88 Å². The molecule has 2 rings (SSSR count). The van der Waals surface area contributed by atoms with E-state index < -0.39 is 0 Å². The highest BCUT2D eigenvalue weighted by molar-refractivity contribution is 9.10. The summed E-state index contributed by atoms with van der Waals surface area (Å²) in [5.41, 5.74) is 10.0. The van der Waals surface area contributed by atoms with Gasteiger partial charge in [0.1, 0.15) is 0 Å². The van der Waals surface area contributed by atoms with Crippen LogP contribution in [0.4, 0.5) is 5.69 Å². The Morgan fingerprint density at radius 1 is 1.20 bits per heavy atom. The van der Waals surface area contributed by atoms with Gasteiger partial charge in [0.05, 0.1) is 5.69 Å². The summed E-state index contributed by atoms with van der Waals surface area (Å²) in [4.78, 5) is 6.91. The lowest BCUT2D eigenvalue weighted by atomic mass is 10.2. The van der Waals surface area contributed by atoms with Crippen molar-refractivity contribution in [3.05, 3.63) is 57.8 Å². The van der Waals surface area contributed by atoms with E-state index in [0.717, 1.165) is 41.2 Å². The van der Waals surface area contributed by atoms with Crippen molar-refractivity contribution in [1.82, 2.24) is 9.88 Å². The fourth-order valence-electron chi connectivity index (χ4n) is 2.15. The topological polar surface area (TPSA) is 42.2 Å². The van der Waals surface area contributed by atoms with Crippen LogP contribution in [0.2, 0.25) is 0 Å². The van der Waals surface area contributed by atoms with Gasteiger partial charge in [0.2, 0.25) is 0 Å². The minimum Gasteiger partial charge on any atom is -0.399 e. The fourth-order valence-corrected chi connectivity index (χ4v) is 2.52. The molecule has 4 heteroatoms. The molecule has 0 unspecified atom stereocenters. The first-order valence-electron chi connectivity index (χ1n) is 6.77. The van der Waals surface area contributed by atoms with Crippen LogP contribution in [0.3, 0.4) is 0 Å². The van der Waals surface area contributed by atoms with E-state index in [0.29, 0.717) is 0 Å². The molecule has 0 saturated heterocycles. The van der Waals surface area contributed by atoms with Gasteiger partial charge in [0.15, 0.2) is 0 Å². The first kappa shape index (κ1) is 15.0. The zero-order valence-corrected chi connectivity index (χ0v) is 13.5. The van der Waals surface area contributed by atoms with Crippen LogP contribution >= 0.6 is 15.9 Å². The average molecular weight is 334 g/mol. The van der Waals surface area contributed by atoms with E-state index in [2.05, 4.69) is 44.9 Å². The minimum absolute atomic E-state index is 0.799. The summed E-state index contributed by atoms with van der Waals surface area (Å²) in [6, 6.07) is 12.1. The number of hydrogen-bond acceptors (Lipinski definition) is 3. The van der Waals surface area contributed by atoms with Crippen molar-refractivity contribution >= 4 is 21.6 Å². The predicted molar refractivity (Wildman–Crippen MR) is 87.3 cm³/mol. The van der Waals surface area contributed by atoms with Crippen LogP contribution < -0.4 is 5.73 Å². The smallest absolute Gasteiger partial charge is 0.0547 e. The lowest BCUT2D eigenvalue weighted by Gasteiger charge is -2.21. The van der Waals surface area contributed by atoms with Crippen LogP contribution in [0.15, 0.2) is 40.9 Å². The molecule has 3 nitrogen and oxygen atoms in total. The van der Waals surface area contributed by atoms with E-state index in [4.69, 9.17) is 5.73 Å². The third-order valence-corrected chi connectivity index (χ3v) is 4.02. The Morgan fingerprint density at radius 2 is 2.00 bits per heavy atom. The number of rotatable bonds is 5. The van der Waals surface area contributed by atoms with Crippen LogP contribution in [-0.4, -0.2) is 16.4 Å². The molecule has 0 aliphatic carbocycles. The van der Waals surface area contributed by atoms with Crippen LogP contribution in [0, 0.1) is 6.92 Å². The third kappa shape index (κ3) is 4.05. The highest BCUT2D eigenvalue weighted by atomic mass is 79.9. The van der Waals surface area contributed by atoms with Gasteiger partial charge in [0.25, 0.3) is 0 Å². The highest BCUT2D eigenvalue weighted by Crippen LogP contribution is 2.21. The molecule has 20 heavy (non-hydrogen) atoms. The van der Waals surface area contributed by atoms with Crippen LogP contribution in [0.1, 0.15) is 23.9 Å². The third-order valence-electron chi connectivity index (χ3n) is 3.24. The second-order valence-corrected chi connectivity index (χ2v) is 5.78. The highest BCUT2D eigenvalue weighted by Gasteiger charge is 2.09. The number of nitrogens with two attached hydrogens (primary N) is 1. The molecule has 0 bridgehead atoms. The number of halogens is 1. The number of aromatic nitrogens is 1. The summed E-state index contributed by atoms with van der Waals surface area (Å²) in [6.45, 7) is 6.86. The summed E-state index contributed by atoms with van der Waals surface area (Å²) in [5.74, 6) is 0. The number of nitrogens with zero attached hydrogens (tertiary/aromatic N) is 2. The van der Waals surface area contributed by atoms with Gasteiger partial charge in [-0.25, -0.2) is 0 Å². The Kier molecular flexibility index (Phi) is 5.15. The normalized spacial score (nSPS) is 11.0. The molecule has 106 valence electrons. The lowest BCUT2D eigenvalue weighted by molar-refractivity contribution is 0.267. The number of pyridine rings is 1. The second-order valence-electron chi connectivity index (χ2n) is 4.92. The Morgan fingerprint density at radius 3 is 2.70 bits per heavy atom. The molecule has 0 saturated carbocycles. The van der Waals surface area contributed by atoms with Crippen LogP contribution in [0.25, 0.3) is 0 Å². The summed E-state index contributed by atoms with van der Waals surface area (Å²) >= 11 is 3.59. The van der Waals surface area contributed by atoms with Crippen molar-refractivity contribution in [2.45, 2.75) is 26.9 Å². The monoisotopic (exact) mass is 333 g/mol. The molecule has 0 radical (unpaired) electrons. The summed E-state index contributed by atoms with van der Waals surface area (Å²) in [6.07, 6.45) is 0. The fraction of sp³-hybridized carbons (Fsp3) is 0.312. The molecule has 1 heterocycles. The van der Waals surface area contributed by atoms with Crippen LogP contribution in [0.5, 0.6) is 0 Å². The molecule has 2 N–H and O–H groups in total. The van der Waals surface area contributed by atoms with E-state index in [1.54, 1.807) is 0 Å². The lowest BCUT2D eigenvalue weighted by Crippen LogP contribution is -2.23. The van der Waals surface area contributed by atoms with Crippen molar-refractivity contribution in [2.75, 3.05) is 12.3 Å². The molecule has 0 aliphatic rings. The molecule has 0 amide bonds. The maximum atomic E-state index is 5.87. The average Bonchev–Trinajstić information content (AvgIpc) is 2.42. The van der Waals surface area contributed by atoms with Gasteiger partial charge in [-0.2, -0.15) is 0 Å². The van der Waals surface area contributed by atoms with Gasteiger partial charge in [0, 0.05) is 28.9 Å². The van der Waals surface area contributed by atoms with Crippen molar-refractivity contribution in [3.8, 4) is 0 Å². The summed E-state index contributed by atoms with van der Waals surface area (Å²) in [7, 11) is 0. The van der Waals surface area contributed by atoms with Gasteiger partial charge >= 0.3 is 0 Å². The van der Waals surface area contributed by atoms with E-state index in [9.17, 15) is 0 Å². The van der Waals surface area contributed by atoms with E-state index in [1.165, 1.54) is 5.56 Å². The van der Waals surface area contributed by atoms with Crippen molar-refractivity contribution in [1.29, 1.82) is 0 Å².